The van der Waals surface area contributed by atoms with Gasteiger partial charge in [-0.1, -0.05) is 0 Å². The monoisotopic (exact) mass is 329 g/mol. The predicted octanol–water partition coefficient (Wildman–Crippen LogP) is 1.35. The van der Waals surface area contributed by atoms with Gasteiger partial charge in [-0.3, -0.25) is 4.79 Å². The van der Waals surface area contributed by atoms with Crippen molar-refractivity contribution in [2.24, 2.45) is 5.92 Å². The lowest BCUT2D eigenvalue weighted by atomic mass is 10.1. The van der Waals surface area contributed by atoms with Crippen molar-refractivity contribution < 1.29 is 48.8 Å². The molecule has 118 valence electrons. The van der Waals surface area contributed by atoms with Crippen molar-refractivity contribution in [3.8, 4) is 0 Å². The number of hydrogen-bond acceptors (Lipinski definition) is 5. The average Bonchev–Trinajstić information content (AvgIpc) is 2.92. The molecule has 0 atom stereocenters. The zero-order valence-corrected chi connectivity index (χ0v) is 10.2. The largest absolute Gasteiger partial charge is 0.748 e. The third kappa shape index (κ3) is 3.53. The molecule has 12 heteroatoms. The Labute approximate surface area is 108 Å². The van der Waals surface area contributed by atoms with E-state index in [1.165, 1.54) is 0 Å². The molecule has 5 nitrogen and oxygen atoms in total. The van der Waals surface area contributed by atoms with Crippen LogP contribution in [0.15, 0.2) is 0 Å². The van der Waals surface area contributed by atoms with E-state index in [2.05, 4.69) is 4.74 Å². The van der Waals surface area contributed by atoms with Gasteiger partial charge in [-0.25, -0.2) is 8.42 Å². The van der Waals surface area contributed by atoms with Crippen molar-refractivity contribution in [1.82, 2.24) is 0 Å². The van der Waals surface area contributed by atoms with E-state index in [0.717, 1.165) is 0 Å². The maximum atomic E-state index is 12.6. The Balaban J connectivity index is 3.29. The van der Waals surface area contributed by atoms with Crippen LogP contribution in [-0.2, 0) is 19.6 Å². The minimum Gasteiger partial charge on any atom is -0.748 e. The Hall–Kier alpha value is -1.04. The molecule has 20 heavy (non-hydrogen) atoms. The molecule has 0 saturated heterocycles. The summed E-state index contributed by atoms with van der Waals surface area (Å²) in [6.07, 6.45) is -12.5. The zero-order chi connectivity index (χ0) is 16.0. The summed E-state index contributed by atoms with van der Waals surface area (Å²) in [6, 6.07) is 0. The fraction of sp³-hybridized carbons (Fsp3) is 0.875. The highest BCUT2D eigenvalue weighted by Gasteiger charge is 2.75. The summed E-state index contributed by atoms with van der Waals surface area (Å²) in [5.41, 5.74) is -5.35. The van der Waals surface area contributed by atoms with Crippen molar-refractivity contribution in [2.45, 2.75) is 30.8 Å². The van der Waals surface area contributed by atoms with Gasteiger partial charge in [0, 0.05) is 0 Å². The Morgan fingerprint density at radius 3 is 1.75 bits per heavy atom. The maximum absolute atomic E-state index is 12.6. The third-order valence-corrected chi connectivity index (χ3v) is 3.24. The van der Waals surface area contributed by atoms with E-state index in [0.29, 0.717) is 0 Å². The van der Waals surface area contributed by atoms with Crippen molar-refractivity contribution in [1.29, 1.82) is 0 Å². The summed E-state index contributed by atoms with van der Waals surface area (Å²) < 4.78 is 110. The highest BCUT2D eigenvalue weighted by molar-refractivity contribution is 7.85. The Morgan fingerprint density at radius 2 is 1.50 bits per heavy atom. The van der Waals surface area contributed by atoms with E-state index >= 15 is 0 Å². The topological polar surface area (TPSA) is 83.5 Å². The molecule has 0 aromatic rings. The van der Waals surface area contributed by atoms with E-state index in [9.17, 15) is 44.1 Å². The van der Waals surface area contributed by atoms with E-state index in [4.69, 9.17) is 0 Å². The van der Waals surface area contributed by atoms with E-state index < -0.39 is 45.7 Å². The van der Waals surface area contributed by atoms with E-state index in [1.54, 1.807) is 0 Å². The van der Waals surface area contributed by atoms with Crippen molar-refractivity contribution >= 4 is 16.1 Å². The Kier molecular flexibility index (Phi) is 4.05. The number of carbonyl (C=O) groups is 1. The highest BCUT2D eigenvalue weighted by Crippen LogP contribution is 2.48. The first-order valence-electron chi connectivity index (χ1n) is 4.99. The van der Waals surface area contributed by atoms with Gasteiger partial charge in [0.05, 0.1) is 21.8 Å². The standard InChI is InChI=1S/C8H8F6O5S/c9-7(10,11)6(8(12,13)14,3-20(16,17)18)19-5(15)4-1-2-4/h4H,1-3H2,(H,16,17,18)/p-1. The van der Waals surface area contributed by atoms with Crippen molar-refractivity contribution in [3.63, 3.8) is 0 Å². The van der Waals surface area contributed by atoms with Crippen molar-refractivity contribution in [3.05, 3.63) is 0 Å². The van der Waals surface area contributed by atoms with Gasteiger partial charge < -0.3 is 9.29 Å². The van der Waals surface area contributed by atoms with Gasteiger partial charge in [0.15, 0.2) is 0 Å². The number of ether oxygens (including phenoxy) is 1. The van der Waals surface area contributed by atoms with Crippen LogP contribution in [0.25, 0.3) is 0 Å². The molecule has 0 N–H and O–H groups in total. The second-order valence-corrected chi connectivity index (χ2v) is 5.62. The number of rotatable bonds is 4. The van der Waals surface area contributed by atoms with Gasteiger partial charge >= 0.3 is 23.9 Å². The van der Waals surface area contributed by atoms with Crippen molar-refractivity contribution in [2.75, 3.05) is 5.75 Å². The number of esters is 1. The van der Waals surface area contributed by atoms with Crippen LogP contribution in [0, 0.1) is 5.92 Å². The van der Waals surface area contributed by atoms with Crippen LogP contribution < -0.4 is 0 Å². The lowest BCUT2D eigenvalue weighted by Crippen LogP contribution is -2.63. The molecule has 1 fully saturated rings. The van der Waals surface area contributed by atoms with Crippen LogP contribution in [0.3, 0.4) is 0 Å². The normalized spacial score (nSPS) is 17.9. The summed E-state index contributed by atoms with van der Waals surface area (Å²) in [7, 11) is -5.97. The van der Waals surface area contributed by atoms with Gasteiger partial charge in [0.1, 0.15) is 0 Å². The molecule has 0 spiro atoms. The first-order valence-corrected chi connectivity index (χ1v) is 6.57. The second-order valence-electron chi connectivity index (χ2n) is 4.22. The molecule has 0 unspecified atom stereocenters. The fourth-order valence-electron chi connectivity index (χ4n) is 1.29. The zero-order valence-electron chi connectivity index (χ0n) is 9.42. The lowest BCUT2D eigenvalue weighted by Gasteiger charge is -2.36. The van der Waals surface area contributed by atoms with E-state index in [1.807, 2.05) is 0 Å². The molecule has 0 aromatic heterocycles. The molecule has 1 aliphatic carbocycles. The molecule has 0 heterocycles. The molecular formula is C8H7F6O5S-. The summed E-state index contributed by atoms with van der Waals surface area (Å²) in [5.74, 6) is -5.93. The molecule has 1 rings (SSSR count). The minimum absolute atomic E-state index is 0.0365. The van der Waals surface area contributed by atoms with Crippen LogP contribution in [0.5, 0.6) is 0 Å². The SMILES string of the molecule is O=C(OC(CS(=O)(=O)[O-])(C(F)(F)F)C(F)(F)F)C1CC1. The molecule has 0 aromatic carbocycles. The Bertz CT molecular complexity index is 474. The Morgan fingerprint density at radius 1 is 1.10 bits per heavy atom. The smallest absolute Gasteiger partial charge is 0.438 e. The molecule has 0 amide bonds. The first kappa shape index (κ1) is 17.0. The number of halogens is 6. The average molecular weight is 329 g/mol. The number of carbonyl (C=O) groups excluding carboxylic acids is 1. The highest BCUT2D eigenvalue weighted by atomic mass is 32.2. The lowest BCUT2D eigenvalue weighted by molar-refractivity contribution is -0.361. The summed E-state index contributed by atoms with van der Waals surface area (Å²) in [6.45, 7) is 0. The second kappa shape index (κ2) is 4.76. The molecular weight excluding hydrogens is 322 g/mol. The van der Waals surface area contributed by atoms with E-state index in [-0.39, 0.29) is 12.8 Å². The minimum atomic E-state index is -6.30. The third-order valence-electron chi connectivity index (χ3n) is 2.48. The molecule has 0 radical (unpaired) electrons. The maximum Gasteiger partial charge on any atom is 0.438 e. The van der Waals surface area contributed by atoms with Gasteiger partial charge in [0.25, 0.3) is 0 Å². The number of hydrogen-bond donors (Lipinski definition) is 0. The summed E-state index contributed by atoms with van der Waals surface area (Å²) in [4.78, 5) is 11.1. The summed E-state index contributed by atoms with van der Waals surface area (Å²) >= 11 is 0. The van der Waals surface area contributed by atoms with Gasteiger partial charge in [-0.15, -0.1) is 0 Å². The predicted molar refractivity (Wildman–Crippen MR) is 48.2 cm³/mol. The molecule has 1 saturated carbocycles. The molecule has 0 bridgehead atoms. The summed E-state index contributed by atoms with van der Waals surface area (Å²) in [5, 5.41) is 0. The molecule has 1 aliphatic rings. The van der Waals surface area contributed by atoms with Crippen LogP contribution >= 0.6 is 0 Å². The first-order chi connectivity index (χ1) is 8.70. The van der Waals surface area contributed by atoms with Crippen LogP contribution in [-0.4, -0.2) is 42.6 Å². The van der Waals surface area contributed by atoms with Gasteiger partial charge in [0.2, 0.25) is 0 Å². The quantitative estimate of drug-likeness (QED) is 0.442. The molecule has 0 aliphatic heterocycles. The number of alkyl halides is 6. The van der Waals surface area contributed by atoms with Gasteiger partial charge in [-0.05, 0) is 12.8 Å². The van der Waals surface area contributed by atoms with Gasteiger partial charge in [-0.2, -0.15) is 26.3 Å². The van der Waals surface area contributed by atoms with Crippen LogP contribution in [0.2, 0.25) is 0 Å². The van der Waals surface area contributed by atoms with Crippen LogP contribution in [0.4, 0.5) is 26.3 Å². The van der Waals surface area contributed by atoms with Crippen LogP contribution in [0.1, 0.15) is 12.8 Å². The fourth-order valence-corrected chi connectivity index (χ4v) is 2.18.